The van der Waals surface area contributed by atoms with Crippen LogP contribution >= 0.6 is 0 Å². The molecule has 2 heterocycles. The Labute approximate surface area is 144 Å². The Morgan fingerprint density at radius 2 is 2.16 bits per heavy atom. The highest BCUT2D eigenvalue weighted by molar-refractivity contribution is 6.04. The van der Waals surface area contributed by atoms with Gasteiger partial charge in [-0.05, 0) is 44.0 Å². The Hall–Kier alpha value is -2.45. The lowest BCUT2D eigenvalue weighted by Gasteiger charge is -2.32. The summed E-state index contributed by atoms with van der Waals surface area (Å²) in [6.07, 6.45) is 3.29. The molecular weight excluding hydrogens is 325 g/mol. The van der Waals surface area contributed by atoms with E-state index in [4.69, 9.17) is 16.6 Å². The van der Waals surface area contributed by atoms with Crippen LogP contribution in [0.4, 0.5) is 4.39 Å². The van der Waals surface area contributed by atoms with E-state index in [1.54, 1.807) is 0 Å². The topological polar surface area (TPSA) is 121 Å². The molecule has 1 aromatic carbocycles. The maximum atomic E-state index is 13.7. The third kappa shape index (κ3) is 3.49. The van der Waals surface area contributed by atoms with Crippen molar-refractivity contribution < 1.29 is 14.3 Å². The fraction of sp³-hybridized carbons (Fsp3) is 0.412. The van der Waals surface area contributed by atoms with Gasteiger partial charge in [0, 0.05) is 18.3 Å². The average Bonchev–Trinajstić information content (AvgIpc) is 2.99. The van der Waals surface area contributed by atoms with E-state index in [1.165, 1.54) is 12.3 Å². The van der Waals surface area contributed by atoms with Crippen LogP contribution in [0.25, 0.3) is 16.6 Å². The molecule has 0 bridgehead atoms. The number of carbonyl (C=O) groups excluding carboxylic acids is 1. The highest BCUT2D eigenvalue weighted by Crippen LogP contribution is 2.31. The van der Waals surface area contributed by atoms with Crippen LogP contribution in [-0.2, 0) is 0 Å². The number of rotatable bonds is 5. The Morgan fingerprint density at radius 3 is 2.76 bits per heavy atom. The number of likely N-dealkylation sites (tertiary alicyclic amines) is 1. The minimum atomic E-state index is -0.724. The molecule has 8 heteroatoms. The number of nitrogens with one attached hydrogen (secondary N) is 1. The van der Waals surface area contributed by atoms with Gasteiger partial charge in [0.05, 0.1) is 17.7 Å². The predicted molar refractivity (Wildman–Crippen MR) is 93.0 cm³/mol. The molecule has 0 unspecified atom stereocenters. The largest absolute Gasteiger partial charge is 0.404 e. The quantitative estimate of drug-likeness (QED) is 0.637. The number of amides is 1. The van der Waals surface area contributed by atoms with Gasteiger partial charge in [-0.25, -0.2) is 9.37 Å². The van der Waals surface area contributed by atoms with Crippen molar-refractivity contribution in [2.45, 2.75) is 12.8 Å². The SMILES string of the molecule is NC=C(c1nc2c(C(N)=O)cc(F)cc2[nH]1)C1CCN(CCO)CC1. The monoisotopic (exact) mass is 347 g/mol. The number of primary amides is 1. The lowest BCUT2D eigenvalue weighted by atomic mass is 9.89. The number of nitrogens with two attached hydrogens (primary N) is 2. The number of benzene rings is 1. The van der Waals surface area contributed by atoms with Crippen LogP contribution in [0.5, 0.6) is 0 Å². The number of piperidine rings is 1. The molecule has 25 heavy (non-hydrogen) atoms. The number of H-pyrrole nitrogens is 1. The number of aromatic nitrogens is 2. The van der Waals surface area contributed by atoms with E-state index in [0.29, 0.717) is 23.4 Å². The summed E-state index contributed by atoms with van der Waals surface area (Å²) < 4.78 is 13.7. The first-order valence-corrected chi connectivity index (χ1v) is 8.28. The van der Waals surface area contributed by atoms with E-state index in [0.717, 1.165) is 37.6 Å². The standard InChI is InChI=1S/C17H22FN5O2/c18-11-7-12(16(20)25)15-14(8-11)21-17(22-15)13(9-19)10-1-3-23(4-2-10)5-6-24/h7-10,24H,1-6,19H2,(H2,20,25)(H,21,22). The third-order valence-corrected chi connectivity index (χ3v) is 4.71. The normalized spacial score (nSPS) is 17.3. The summed E-state index contributed by atoms with van der Waals surface area (Å²) in [6, 6.07) is 2.38. The van der Waals surface area contributed by atoms with Gasteiger partial charge < -0.3 is 26.5 Å². The number of imidazole rings is 1. The summed E-state index contributed by atoms with van der Waals surface area (Å²) in [5.41, 5.74) is 12.8. The molecule has 134 valence electrons. The van der Waals surface area contributed by atoms with E-state index >= 15 is 0 Å². The molecule has 0 aliphatic carbocycles. The van der Waals surface area contributed by atoms with Crippen LogP contribution < -0.4 is 11.5 Å². The number of nitrogens with zero attached hydrogens (tertiary/aromatic N) is 2. The zero-order valence-electron chi connectivity index (χ0n) is 13.8. The molecule has 1 fully saturated rings. The van der Waals surface area contributed by atoms with Crippen LogP contribution in [0.2, 0.25) is 0 Å². The average molecular weight is 347 g/mol. The Bertz CT molecular complexity index is 809. The van der Waals surface area contributed by atoms with E-state index in [-0.39, 0.29) is 18.1 Å². The molecule has 0 radical (unpaired) electrons. The van der Waals surface area contributed by atoms with E-state index in [1.807, 2.05) is 0 Å². The fourth-order valence-corrected chi connectivity index (χ4v) is 3.42. The number of aliphatic hydroxyl groups excluding tert-OH is 1. The van der Waals surface area contributed by atoms with Crippen LogP contribution in [0.1, 0.15) is 29.0 Å². The third-order valence-electron chi connectivity index (χ3n) is 4.71. The number of hydrogen-bond acceptors (Lipinski definition) is 5. The van der Waals surface area contributed by atoms with Crippen LogP contribution in [-0.4, -0.2) is 52.1 Å². The lowest BCUT2D eigenvalue weighted by Crippen LogP contribution is -2.36. The number of β-amino-alcohol motifs (C(OH)–C–C–N with tert-alkyl or cyclic N) is 1. The first kappa shape index (κ1) is 17.4. The molecule has 1 aliphatic heterocycles. The molecule has 2 aromatic rings. The number of aromatic amines is 1. The van der Waals surface area contributed by atoms with Crippen molar-refractivity contribution in [2.24, 2.45) is 17.4 Å². The van der Waals surface area contributed by atoms with Gasteiger partial charge in [-0.15, -0.1) is 0 Å². The van der Waals surface area contributed by atoms with Crippen molar-refractivity contribution in [1.29, 1.82) is 0 Å². The second-order valence-corrected chi connectivity index (χ2v) is 6.26. The minimum Gasteiger partial charge on any atom is -0.404 e. The van der Waals surface area contributed by atoms with Crippen LogP contribution in [0, 0.1) is 11.7 Å². The maximum absolute atomic E-state index is 13.7. The summed E-state index contributed by atoms with van der Waals surface area (Å²) in [7, 11) is 0. The second kappa shape index (κ2) is 7.20. The zero-order valence-corrected chi connectivity index (χ0v) is 13.8. The Morgan fingerprint density at radius 1 is 1.44 bits per heavy atom. The highest BCUT2D eigenvalue weighted by Gasteiger charge is 2.25. The number of aliphatic hydroxyl groups is 1. The molecule has 1 saturated heterocycles. The zero-order chi connectivity index (χ0) is 18.0. The smallest absolute Gasteiger partial charge is 0.251 e. The van der Waals surface area contributed by atoms with Crippen molar-refractivity contribution >= 4 is 22.5 Å². The molecule has 1 aliphatic rings. The first-order valence-electron chi connectivity index (χ1n) is 8.28. The Kier molecular flexibility index (Phi) is 5.00. The molecule has 0 atom stereocenters. The summed E-state index contributed by atoms with van der Waals surface area (Å²) in [5.74, 6) is -0.529. The van der Waals surface area contributed by atoms with E-state index < -0.39 is 11.7 Å². The first-order chi connectivity index (χ1) is 12.0. The molecule has 6 N–H and O–H groups in total. The minimum absolute atomic E-state index is 0.0478. The second-order valence-electron chi connectivity index (χ2n) is 6.26. The predicted octanol–water partition coefficient (Wildman–Crippen LogP) is 0.805. The number of hydrogen-bond donors (Lipinski definition) is 4. The number of fused-ring (bicyclic) bond motifs is 1. The van der Waals surface area contributed by atoms with Gasteiger partial charge in [-0.3, -0.25) is 4.79 Å². The summed E-state index contributed by atoms with van der Waals surface area (Å²) in [5, 5.41) is 9.04. The molecule has 0 saturated carbocycles. The van der Waals surface area contributed by atoms with Crippen molar-refractivity contribution in [1.82, 2.24) is 14.9 Å². The van der Waals surface area contributed by atoms with Gasteiger partial charge in [-0.2, -0.15) is 0 Å². The van der Waals surface area contributed by atoms with Gasteiger partial charge >= 0.3 is 0 Å². The molecule has 1 aromatic heterocycles. The van der Waals surface area contributed by atoms with Crippen LogP contribution in [0.3, 0.4) is 0 Å². The van der Waals surface area contributed by atoms with Gasteiger partial charge in [0.1, 0.15) is 17.2 Å². The van der Waals surface area contributed by atoms with Crippen LogP contribution in [0.15, 0.2) is 18.3 Å². The lowest BCUT2D eigenvalue weighted by molar-refractivity contribution is 0.100. The number of carbonyl (C=O) groups is 1. The number of halogens is 1. The van der Waals surface area contributed by atoms with Crippen molar-refractivity contribution in [3.63, 3.8) is 0 Å². The van der Waals surface area contributed by atoms with Crippen molar-refractivity contribution in [2.75, 3.05) is 26.2 Å². The number of allylic oxidation sites excluding steroid dienone is 1. The van der Waals surface area contributed by atoms with Gasteiger partial charge in [0.2, 0.25) is 0 Å². The molecule has 3 rings (SSSR count). The van der Waals surface area contributed by atoms with Crippen molar-refractivity contribution in [3.8, 4) is 0 Å². The van der Waals surface area contributed by atoms with Gasteiger partial charge in [0.15, 0.2) is 0 Å². The van der Waals surface area contributed by atoms with Gasteiger partial charge in [0.25, 0.3) is 5.91 Å². The van der Waals surface area contributed by atoms with E-state index in [9.17, 15) is 9.18 Å². The highest BCUT2D eigenvalue weighted by atomic mass is 19.1. The van der Waals surface area contributed by atoms with Gasteiger partial charge in [-0.1, -0.05) is 0 Å². The van der Waals surface area contributed by atoms with E-state index in [2.05, 4.69) is 14.9 Å². The summed E-state index contributed by atoms with van der Waals surface area (Å²) >= 11 is 0. The Balaban J connectivity index is 1.90. The summed E-state index contributed by atoms with van der Waals surface area (Å²) in [6.45, 7) is 2.55. The molecule has 1 amide bonds. The molecule has 0 spiro atoms. The van der Waals surface area contributed by atoms with Crippen molar-refractivity contribution in [3.05, 3.63) is 35.5 Å². The fourth-order valence-electron chi connectivity index (χ4n) is 3.42. The summed E-state index contributed by atoms with van der Waals surface area (Å²) in [4.78, 5) is 21.3. The maximum Gasteiger partial charge on any atom is 0.251 e. The molecular formula is C17H22FN5O2. The molecule has 7 nitrogen and oxygen atoms in total.